The lowest BCUT2D eigenvalue weighted by Gasteiger charge is -2.09. The summed E-state index contributed by atoms with van der Waals surface area (Å²) < 4.78 is 18.4. The van der Waals surface area contributed by atoms with Gasteiger partial charge in [0, 0.05) is 17.9 Å². The van der Waals surface area contributed by atoms with Gasteiger partial charge in [-0.15, -0.1) is 0 Å². The molecule has 2 atom stereocenters. The normalized spacial score (nSPS) is 20.2. The van der Waals surface area contributed by atoms with Crippen molar-refractivity contribution >= 4 is 11.8 Å². The first kappa shape index (κ1) is 21.1. The summed E-state index contributed by atoms with van der Waals surface area (Å²) in [6.45, 7) is 2.02. The Morgan fingerprint density at radius 2 is 2.08 bits per heavy atom. The molecule has 0 heterocycles. The van der Waals surface area contributed by atoms with Crippen LogP contribution in [-0.4, -0.2) is 25.0 Å². The molecule has 2 unspecified atom stereocenters. The first-order chi connectivity index (χ1) is 12.1. The summed E-state index contributed by atoms with van der Waals surface area (Å²) in [6.07, 6.45) is 16.4. The summed E-state index contributed by atoms with van der Waals surface area (Å²) >= 11 is 0. The Hall–Kier alpha value is -1.97. The van der Waals surface area contributed by atoms with Gasteiger partial charge in [-0.1, -0.05) is 43.4 Å². The van der Waals surface area contributed by atoms with Crippen molar-refractivity contribution in [2.45, 2.75) is 58.0 Å². The summed E-state index contributed by atoms with van der Waals surface area (Å²) in [7, 11) is 1.39. The van der Waals surface area contributed by atoms with E-state index in [9.17, 15) is 14.0 Å². The largest absolute Gasteiger partial charge is 0.469 e. The summed E-state index contributed by atoms with van der Waals surface area (Å²) in [5.74, 6) is -0.180. The smallest absolute Gasteiger partial charge is 0.305 e. The molecule has 1 aliphatic rings. The molecule has 0 saturated carbocycles. The molecule has 0 N–H and O–H groups in total. The molecule has 0 aromatic rings. The molecule has 138 valence electrons. The molecule has 0 aromatic carbocycles. The van der Waals surface area contributed by atoms with Crippen LogP contribution in [0.5, 0.6) is 0 Å². The standard InChI is InChI=1S/C21H29FO3/c1-3-4-7-11-18(22)14-15-19-17(13-16-20(19)23)10-8-5-6-9-12-21(24)25-2/h4-5,7-8,13,15-18H,3,6,9-12,14H2,1-2H3/b7-4-,8-5-,19-15+. The Morgan fingerprint density at radius 1 is 1.28 bits per heavy atom. The molecule has 0 saturated heterocycles. The van der Waals surface area contributed by atoms with Gasteiger partial charge in [0.2, 0.25) is 0 Å². The van der Waals surface area contributed by atoms with E-state index in [1.807, 2.05) is 37.3 Å². The minimum atomic E-state index is -0.946. The maximum absolute atomic E-state index is 13.8. The van der Waals surface area contributed by atoms with Gasteiger partial charge in [-0.2, -0.15) is 0 Å². The maximum atomic E-state index is 13.8. The van der Waals surface area contributed by atoms with Gasteiger partial charge in [0.15, 0.2) is 5.78 Å². The number of carbonyl (C=O) groups excluding carboxylic acids is 2. The van der Waals surface area contributed by atoms with Crippen molar-refractivity contribution in [3.8, 4) is 0 Å². The number of unbranched alkanes of at least 4 members (excludes halogenated alkanes) is 1. The molecule has 0 amide bonds. The molecule has 0 spiro atoms. The molecule has 25 heavy (non-hydrogen) atoms. The maximum Gasteiger partial charge on any atom is 0.305 e. The van der Waals surface area contributed by atoms with Crippen molar-refractivity contribution in [2.24, 2.45) is 5.92 Å². The summed E-state index contributed by atoms with van der Waals surface area (Å²) in [5.41, 5.74) is 0.696. The zero-order valence-electron chi connectivity index (χ0n) is 15.2. The number of carbonyl (C=O) groups is 2. The number of halogens is 1. The molecule has 0 bridgehead atoms. The zero-order valence-corrected chi connectivity index (χ0v) is 15.2. The monoisotopic (exact) mass is 348 g/mol. The van der Waals surface area contributed by atoms with Gasteiger partial charge in [-0.05, 0) is 44.6 Å². The van der Waals surface area contributed by atoms with Crippen LogP contribution in [0.15, 0.2) is 48.1 Å². The fourth-order valence-corrected chi connectivity index (χ4v) is 2.63. The summed E-state index contributed by atoms with van der Waals surface area (Å²) in [5, 5.41) is 0. The van der Waals surface area contributed by atoms with Gasteiger partial charge in [-0.25, -0.2) is 4.39 Å². The van der Waals surface area contributed by atoms with Gasteiger partial charge in [-0.3, -0.25) is 9.59 Å². The van der Waals surface area contributed by atoms with Crippen LogP contribution in [0.2, 0.25) is 0 Å². The van der Waals surface area contributed by atoms with Crippen LogP contribution in [0, 0.1) is 5.92 Å². The van der Waals surface area contributed by atoms with Gasteiger partial charge in [0.05, 0.1) is 7.11 Å². The number of ether oxygens (including phenoxy) is 1. The van der Waals surface area contributed by atoms with E-state index in [4.69, 9.17) is 0 Å². The SMILES string of the molecule is CC/C=C\CC(F)C/C=C1/C(=O)C=CC1C/C=C\CCCC(=O)OC. The Morgan fingerprint density at radius 3 is 2.80 bits per heavy atom. The van der Waals surface area contributed by atoms with Crippen molar-refractivity contribution in [3.63, 3.8) is 0 Å². The second-order valence-corrected chi connectivity index (χ2v) is 6.11. The third-order valence-electron chi connectivity index (χ3n) is 4.09. The number of rotatable bonds is 11. The minimum absolute atomic E-state index is 0.0135. The van der Waals surface area contributed by atoms with Crippen molar-refractivity contribution < 1.29 is 18.7 Å². The predicted molar refractivity (Wildman–Crippen MR) is 98.9 cm³/mol. The van der Waals surface area contributed by atoms with E-state index in [2.05, 4.69) is 4.74 Å². The predicted octanol–water partition coefficient (Wildman–Crippen LogP) is 5.04. The van der Waals surface area contributed by atoms with E-state index in [1.54, 1.807) is 12.2 Å². The number of hydrogen-bond donors (Lipinski definition) is 0. The highest BCUT2D eigenvalue weighted by Crippen LogP contribution is 2.26. The number of methoxy groups -OCH3 is 1. The van der Waals surface area contributed by atoms with E-state index in [0.717, 1.165) is 25.7 Å². The number of ketones is 1. The molecule has 0 radical (unpaired) electrons. The Labute approximate surface area is 150 Å². The number of allylic oxidation sites excluding steroid dienone is 8. The first-order valence-electron chi connectivity index (χ1n) is 9.01. The topological polar surface area (TPSA) is 43.4 Å². The van der Waals surface area contributed by atoms with E-state index in [1.165, 1.54) is 7.11 Å². The highest BCUT2D eigenvalue weighted by Gasteiger charge is 2.21. The zero-order chi connectivity index (χ0) is 18.5. The van der Waals surface area contributed by atoms with E-state index < -0.39 is 6.17 Å². The van der Waals surface area contributed by atoms with Crippen LogP contribution in [0.1, 0.15) is 51.9 Å². The summed E-state index contributed by atoms with van der Waals surface area (Å²) in [4.78, 5) is 22.9. The molecule has 0 aromatic heterocycles. The van der Waals surface area contributed by atoms with E-state index in [-0.39, 0.29) is 24.1 Å². The van der Waals surface area contributed by atoms with E-state index in [0.29, 0.717) is 18.4 Å². The Balaban J connectivity index is 2.40. The van der Waals surface area contributed by atoms with Crippen molar-refractivity contribution in [1.29, 1.82) is 0 Å². The molecular weight excluding hydrogens is 319 g/mol. The number of alkyl halides is 1. The second-order valence-electron chi connectivity index (χ2n) is 6.11. The molecule has 4 heteroatoms. The van der Waals surface area contributed by atoms with Gasteiger partial charge in [0.25, 0.3) is 0 Å². The molecule has 0 aliphatic heterocycles. The molecule has 3 nitrogen and oxygen atoms in total. The molecular formula is C21H29FO3. The fourth-order valence-electron chi connectivity index (χ4n) is 2.63. The first-order valence-corrected chi connectivity index (χ1v) is 9.01. The quantitative estimate of drug-likeness (QED) is 0.227. The lowest BCUT2D eigenvalue weighted by molar-refractivity contribution is -0.140. The van der Waals surface area contributed by atoms with Crippen LogP contribution in [0.4, 0.5) is 4.39 Å². The highest BCUT2D eigenvalue weighted by molar-refractivity contribution is 6.07. The van der Waals surface area contributed by atoms with Crippen LogP contribution in [-0.2, 0) is 14.3 Å². The van der Waals surface area contributed by atoms with Crippen molar-refractivity contribution in [3.05, 3.63) is 48.1 Å². The third kappa shape index (κ3) is 8.62. The van der Waals surface area contributed by atoms with Crippen LogP contribution in [0.3, 0.4) is 0 Å². The highest BCUT2D eigenvalue weighted by atomic mass is 19.1. The lowest BCUT2D eigenvalue weighted by atomic mass is 9.96. The van der Waals surface area contributed by atoms with Crippen LogP contribution in [0.25, 0.3) is 0 Å². The van der Waals surface area contributed by atoms with Crippen molar-refractivity contribution in [2.75, 3.05) is 7.11 Å². The lowest BCUT2D eigenvalue weighted by Crippen LogP contribution is -2.04. The van der Waals surface area contributed by atoms with Crippen molar-refractivity contribution in [1.82, 2.24) is 0 Å². The van der Waals surface area contributed by atoms with Gasteiger partial charge in [0.1, 0.15) is 6.17 Å². The average Bonchev–Trinajstić information content (AvgIpc) is 2.96. The number of hydrogen-bond acceptors (Lipinski definition) is 3. The fraction of sp³-hybridized carbons (Fsp3) is 0.524. The third-order valence-corrected chi connectivity index (χ3v) is 4.09. The van der Waals surface area contributed by atoms with E-state index >= 15 is 0 Å². The molecule has 1 aliphatic carbocycles. The van der Waals surface area contributed by atoms with Gasteiger partial charge < -0.3 is 4.74 Å². The second kappa shape index (κ2) is 12.4. The number of esters is 1. The molecule has 1 rings (SSSR count). The Bertz CT molecular complexity index is 543. The van der Waals surface area contributed by atoms with Gasteiger partial charge >= 0.3 is 5.97 Å². The Kier molecular flexibility index (Phi) is 10.5. The summed E-state index contributed by atoms with van der Waals surface area (Å²) in [6, 6.07) is 0. The van der Waals surface area contributed by atoms with Crippen LogP contribution < -0.4 is 0 Å². The average molecular weight is 348 g/mol. The van der Waals surface area contributed by atoms with Crippen LogP contribution >= 0.6 is 0 Å². The molecule has 0 fully saturated rings. The minimum Gasteiger partial charge on any atom is -0.469 e.